The van der Waals surface area contributed by atoms with E-state index in [0.717, 1.165) is 11.1 Å². The largest absolute Gasteiger partial charge is 0.398 e. The minimum absolute atomic E-state index is 0.151. The van der Waals surface area contributed by atoms with Crippen LogP contribution in [0.3, 0.4) is 0 Å². The van der Waals surface area contributed by atoms with Gasteiger partial charge >= 0.3 is 0 Å². The second kappa shape index (κ2) is 5.10. The van der Waals surface area contributed by atoms with Gasteiger partial charge in [0.1, 0.15) is 5.82 Å². The topological polar surface area (TPSA) is 55.1 Å². The van der Waals surface area contributed by atoms with Crippen molar-refractivity contribution >= 4 is 17.3 Å². The lowest BCUT2D eigenvalue weighted by Gasteiger charge is -2.11. The number of carbonyl (C=O) groups is 1. The lowest BCUT2D eigenvalue weighted by Crippen LogP contribution is -2.16. The zero-order valence-corrected chi connectivity index (χ0v) is 10.8. The normalized spacial score (nSPS) is 10.3. The molecule has 2 rings (SSSR count). The molecule has 0 fully saturated rings. The summed E-state index contributed by atoms with van der Waals surface area (Å²) in [6.45, 7) is 3.57. The van der Waals surface area contributed by atoms with Gasteiger partial charge in [0.2, 0.25) is 0 Å². The van der Waals surface area contributed by atoms with E-state index in [-0.39, 0.29) is 5.69 Å². The van der Waals surface area contributed by atoms with Crippen LogP contribution in [0, 0.1) is 19.7 Å². The fourth-order valence-corrected chi connectivity index (χ4v) is 1.91. The van der Waals surface area contributed by atoms with Gasteiger partial charge in [-0.1, -0.05) is 18.2 Å². The summed E-state index contributed by atoms with van der Waals surface area (Å²) < 4.78 is 13.7. The van der Waals surface area contributed by atoms with E-state index < -0.39 is 11.7 Å². The monoisotopic (exact) mass is 258 g/mol. The molecule has 3 nitrogen and oxygen atoms in total. The van der Waals surface area contributed by atoms with Crippen molar-refractivity contribution in [2.45, 2.75) is 13.8 Å². The van der Waals surface area contributed by atoms with Gasteiger partial charge in [-0.3, -0.25) is 4.79 Å². The predicted molar refractivity (Wildman–Crippen MR) is 74.7 cm³/mol. The molecular weight excluding hydrogens is 243 g/mol. The van der Waals surface area contributed by atoms with Gasteiger partial charge in [0.05, 0.1) is 11.3 Å². The van der Waals surface area contributed by atoms with Crippen LogP contribution >= 0.6 is 0 Å². The molecule has 2 aromatic carbocycles. The van der Waals surface area contributed by atoms with Gasteiger partial charge in [-0.2, -0.15) is 0 Å². The van der Waals surface area contributed by atoms with Gasteiger partial charge in [0.15, 0.2) is 0 Å². The van der Waals surface area contributed by atoms with Crippen molar-refractivity contribution in [2.24, 2.45) is 0 Å². The lowest BCUT2D eigenvalue weighted by molar-refractivity contribution is 0.102. The summed E-state index contributed by atoms with van der Waals surface area (Å²) in [6, 6.07) is 9.85. The number of amides is 1. The number of nitrogens with one attached hydrogen (secondary N) is 1. The van der Waals surface area contributed by atoms with E-state index in [0.29, 0.717) is 11.3 Å². The summed E-state index contributed by atoms with van der Waals surface area (Å²) in [6.07, 6.45) is 0. The van der Waals surface area contributed by atoms with Crippen LogP contribution in [-0.2, 0) is 0 Å². The third-order valence-corrected chi connectivity index (χ3v) is 2.90. The molecule has 1 amide bonds. The quantitative estimate of drug-likeness (QED) is 0.812. The maximum absolute atomic E-state index is 13.7. The van der Waals surface area contributed by atoms with Gasteiger partial charge in [-0.25, -0.2) is 4.39 Å². The maximum atomic E-state index is 13.7. The number of hydrogen-bond donors (Lipinski definition) is 2. The zero-order valence-electron chi connectivity index (χ0n) is 10.8. The molecule has 2 aromatic rings. The molecule has 0 atom stereocenters. The van der Waals surface area contributed by atoms with Crippen molar-refractivity contribution in [1.82, 2.24) is 0 Å². The molecule has 0 saturated carbocycles. The van der Waals surface area contributed by atoms with Crippen LogP contribution < -0.4 is 11.1 Å². The van der Waals surface area contributed by atoms with E-state index in [4.69, 9.17) is 5.73 Å². The molecule has 19 heavy (non-hydrogen) atoms. The number of anilines is 2. The number of aryl methyl sites for hydroxylation is 2. The number of rotatable bonds is 2. The van der Waals surface area contributed by atoms with Crippen LogP contribution in [0.2, 0.25) is 0 Å². The lowest BCUT2D eigenvalue weighted by atomic mass is 10.1. The van der Waals surface area contributed by atoms with Gasteiger partial charge in [0, 0.05) is 5.69 Å². The average Bonchev–Trinajstić information content (AvgIpc) is 2.32. The van der Waals surface area contributed by atoms with E-state index in [2.05, 4.69) is 5.32 Å². The van der Waals surface area contributed by atoms with Crippen molar-refractivity contribution in [3.8, 4) is 0 Å². The van der Waals surface area contributed by atoms with Crippen molar-refractivity contribution in [3.63, 3.8) is 0 Å². The third-order valence-electron chi connectivity index (χ3n) is 2.90. The molecule has 0 aliphatic rings. The first-order valence-corrected chi connectivity index (χ1v) is 5.91. The summed E-state index contributed by atoms with van der Waals surface area (Å²) in [4.78, 5) is 12.1. The number of nitrogen functional groups attached to an aromatic ring is 1. The number of halogens is 1. The Balaban J connectivity index is 2.31. The summed E-state index contributed by atoms with van der Waals surface area (Å²) >= 11 is 0. The highest BCUT2D eigenvalue weighted by molar-refractivity contribution is 6.08. The molecular formula is C15H15FN2O. The zero-order chi connectivity index (χ0) is 14.0. The van der Waals surface area contributed by atoms with E-state index in [1.54, 1.807) is 38.1 Å². The van der Waals surface area contributed by atoms with E-state index in [9.17, 15) is 9.18 Å². The van der Waals surface area contributed by atoms with E-state index >= 15 is 0 Å². The second-order valence-corrected chi connectivity index (χ2v) is 4.48. The summed E-state index contributed by atoms with van der Waals surface area (Å²) in [5.41, 5.74) is 8.24. The molecule has 0 spiro atoms. The Morgan fingerprint density at radius 3 is 2.58 bits per heavy atom. The van der Waals surface area contributed by atoms with Crippen molar-refractivity contribution in [1.29, 1.82) is 0 Å². The molecule has 4 heteroatoms. The average molecular weight is 258 g/mol. The smallest absolute Gasteiger partial charge is 0.258 e. The van der Waals surface area contributed by atoms with Gasteiger partial charge < -0.3 is 11.1 Å². The Bertz CT molecular complexity index is 618. The van der Waals surface area contributed by atoms with E-state index in [1.165, 1.54) is 12.1 Å². The van der Waals surface area contributed by atoms with Crippen LogP contribution in [-0.4, -0.2) is 5.91 Å². The standard InChI is InChI=1S/C15H15FN2O/c1-9-6-7-13(11(16)8-9)18-15(19)14-10(2)4-3-5-12(14)17/h3-8H,17H2,1-2H3,(H,18,19). The van der Waals surface area contributed by atoms with Crippen LogP contribution in [0.1, 0.15) is 21.5 Å². The molecule has 0 saturated heterocycles. The highest BCUT2D eigenvalue weighted by Crippen LogP contribution is 2.20. The van der Waals surface area contributed by atoms with Gasteiger partial charge in [-0.15, -0.1) is 0 Å². The molecule has 0 bridgehead atoms. The Hall–Kier alpha value is -2.36. The molecule has 0 aliphatic heterocycles. The van der Waals surface area contributed by atoms with Crippen LogP contribution in [0.5, 0.6) is 0 Å². The second-order valence-electron chi connectivity index (χ2n) is 4.48. The van der Waals surface area contributed by atoms with Gasteiger partial charge in [-0.05, 0) is 43.2 Å². The highest BCUT2D eigenvalue weighted by atomic mass is 19.1. The molecule has 0 aromatic heterocycles. The summed E-state index contributed by atoms with van der Waals surface area (Å²) in [7, 11) is 0. The fourth-order valence-electron chi connectivity index (χ4n) is 1.91. The predicted octanol–water partition coefficient (Wildman–Crippen LogP) is 3.28. The number of hydrogen-bond acceptors (Lipinski definition) is 2. The van der Waals surface area contributed by atoms with Crippen LogP contribution in [0.4, 0.5) is 15.8 Å². The maximum Gasteiger partial charge on any atom is 0.258 e. The first kappa shape index (κ1) is 13.1. The first-order chi connectivity index (χ1) is 8.99. The Kier molecular flexibility index (Phi) is 3.51. The number of nitrogens with two attached hydrogens (primary N) is 1. The molecule has 0 radical (unpaired) electrons. The Morgan fingerprint density at radius 2 is 1.95 bits per heavy atom. The molecule has 98 valence electrons. The van der Waals surface area contributed by atoms with Crippen LogP contribution in [0.15, 0.2) is 36.4 Å². The highest BCUT2D eigenvalue weighted by Gasteiger charge is 2.14. The first-order valence-electron chi connectivity index (χ1n) is 5.91. The van der Waals surface area contributed by atoms with Crippen molar-refractivity contribution in [2.75, 3.05) is 11.1 Å². The van der Waals surface area contributed by atoms with Crippen LogP contribution in [0.25, 0.3) is 0 Å². The molecule has 3 N–H and O–H groups in total. The fraction of sp³-hybridized carbons (Fsp3) is 0.133. The Morgan fingerprint density at radius 1 is 1.21 bits per heavy atom. The molecule has 0 unspecified atom stereocenters. The molecule has 0 heterocycles. The third kappa shape index (κ3) is 2.73. The minimum atomic E-state index is -0.458. The van der Waals surface area contributed by atoms with Crippen molar-refractivity contribution < 1.29 is 9.18 Å². The number of carbonyl (C=O) groups excluding carboxylic acids is 1. The SMILES string of the molecule is Cc1ccc(NC(=O)c2c(C)cccc2N)c(F)c1. The van der Waals surface area contributed by atoms with Crippen molar-refractivity contribution in [3.05, 3.63) is 58.9 Å². The number of benzene rings is 2. The van der Waals surface area contributed by atoms with E-state index in [1.807, 2.05) is 0 Å². The van der Waals surface area contributed by atoms with Gasteiger partial charge in [0.25, 0.3) is 5.91 Å². The Labute approximate surface area is 111 Å². The summed E-state index contributed by atoms with van der Waals surface area (Å²) in [5, 5.41) is 2.54. The minimum Gasteiger partial charge on any atom is -0.398 e. The molecule has 0 aliphatic carbocycles. The summed E-state index contributed by atoms with van der Waals surface area (Å²) in [5.74, 6) is -0.862.